The standard InChI is InChI=1S/C14H20O3/c1-2-8-17-14(16)10-13(11-15)9-12-6-4-3-5-7-12/h3-7,13,15H,2,8-11H2,1H3/t13-/m1/s1. The Morgan fingerprint density at radius 3 is 2.65 bits per heavy atom. The smallest absolute Gasteiger partial charge is 0.306 e. The van der Waals surface area contributed by atoms with Crippen LogP contribution in [0.1, 0.15) is 25.3 Å². The predicted octanol–water partition coefficient (Wildman–Crippen LogP) is 2.18. The second-order valence-corrected chi connectivity index (χ2v) is 4.16. The molecule has 0 saturated heterocycles. The number of benzene rings is 1. The number of esters is 1. The number of carbonyl (C=O) groups is 1. The molecular weight excluding hydrogens is 216 g/mol. The second-order valence-electron chi connectivity index (χ2n) is 4.16. The van der Waals surface area contributed by atoms with Crippen LogP contribution in [0.2, 0.25) is 0 Å². The molecule has 0 aromatic heterocycles. The van der Waals surface area contributed by atoms with E-state index in [0.29, 0.717) is 13.0 Å². The Bertz CT molecular complexity index is 321. The van der Waals surface area contributed by atoms with Crippen LogP contribution in [0, 0.1) is 5.92 Å². The molecular formula is C14H20O3. The minimum absolute atomic E-state index is 0.0100. The molecule has 0 spiro atoms. The zero-order chi connectivity index (χ0) is 12.5. The molecule has 3 heteroatoms. The van der Waals surface area contributed by atoms with Crippen molar-refractivity contribution in [1.29, 1.82) is 0 Å². The van der Waals surface area contributed by atoms with Crippen LogP contribution in [-0.2, 0) is 16.0 Å². The van der Waals surface area contributed by atoms with E-state index in [-0.39, 0.29) is 24.9 Å². The molecule has 0 aliphatic rings. The Morgan fingerprint density at radius 1 is 1.35 bits per heavy atom. The van der Waals surface area contributed by atoms with Crippen LogP contribution in [0.4, 0.5) is 0 Å². The van der Waals surface area contributed by atoms with Gasteiger partial charge in [0.1, 0.15) is 0 Å². The number of ether oxygens (including phenoxy) is 1. The molecule has 0 radical (unpaired) electrons. The first-order valence-corrected chi connectivity index (χ1v) is 6.06. The fraction of sp³-hybridized carbons (Fsp3) is 0.500. The van der Waals surface area contributed by atoms with E-state index in [1.54, 1.807) is 0 Å². The van der Waals surface area contributed by atoms with Gasteiger partial charge in [0.25, 0.3) is 0 Å². The van der Waals surface area contributed by atoms with Crippen molar-refractivity contribution in [1.82, 2.24) is 0 Å². The Hall–Kier alpha value is -1.35. The summed E-state index contributed by atoms with van der Waals surface area (Å²) in [5, 5.41) is 9.25. The van der Waals surface area contributed by atoms with Gasteiger partial charge in [-0.05, 0) is 24.3 Å². The van der Waals surface area contributed by atoms with Gasteiger partial charge in [0, 0.05) is 6.61 Å². The van der Waals surface area contributed by atoms with E-state index in [2.05, 4.69) is 0 Å². The van der Waals surface area contributed by atoms with Gasteiger partial charge in [-0.2, -0.15) is 0 Å². The summed E-state index contributed by atoms with van der Waals surface area (Å²) in [6.45, 7) is 2.43. The molecule has 3 nitrogen and oxygen atoms in total. The molecule has 0 heterocycles. The highest BCUT2D eigenvalue weighted by molar-refractivity contribution is 5.69. The monoisotopic (exact) mass is 236 g/mol. The molecule has 0 aliphatic heterocycles. The number of carbonyl (C=O) groups excluding carboxylic acids is 1. The quantitative estimate of drug-likeness (QED) is 0.738. The number of aliphatic hydroxyl groups excluding tert-OH is 1. The topological polar surface area (TPSA) is 46.5 Å². The molecule has 17 heavy (non-hydrogen) atoms. The third-order valence-electron chi connectivity index (χ3n) is 2.55. The van der Waals surface area contributed by atoms with Crippen LogP contribution in [-0.4, -0.2) is 24.3 Å². The summed E-state index contributed by atoms with van der Waals surface area (Å²) >= 11 is 0. The first-order valence-electron chi connectivity index (χ1n) is 6.06. The zero-order valence-electron chi connectivity index (χ0n) is 10.3. The molecule has 94 valence electrons. The lowest BCUT2D eigenvalue weighted by Gasteiger charge is -2.13. The van der Waals surface area contributed by atoms with Crippen LogP contribution in [0.25, 0.3) is 0 Å². The average molecular weight is 236 g/mol. The molecule has 1 atom stereocenters. The second kappa shape index (κ2) is 7.85. The van der Waals surface area contributed by atoms with Crippen molar-refractivity contribution in [2.75, 3.05) is 13.2 Å². The number of hydrogen-bond donors (Lipinski definition) is 1. The predicted molar refractivity (Wildman–Crippen MR) is 66.6 cm³/mol. The maximum atomic E-state index is 11.4. The molecule has 0 amide bonds. The van der Waals surface area contributed by atoms with Gasteiger partial charge < -0.3 is 9.84 Å². The van der Waals surface area contributed by atoms with Gasteiger partial charge in [-0.15, -0.1) is 0 Å². The minimum Gasteiger partial charge on any atom is -0.466 e. The van der Waals surface area contributed by atoms with Crippen molar-refractivity contribution in [3.63, 3.8) is 0 Å². The summed E-state index contributed by atoms with van der Waals surface area (Å²) in [6, 6.07) is 9.87. The first kappa shape index (κ1) is 13.7. The van der Waals surface area contributed by atoms with Crippen molar-refractivity contribution < 1.29 is 14.6 Å². The van der Waals surface area contributed by atoms with Crippen LogP contribution < -0.4 is 0 Å². The summed E-state index contributed by atoms with van der Waals surface area (Å²) in [5.41, 5.74) is 1.13. The van der Waals surface area contributed by atoms with E-state index in [1.165, 1.54) is 0 Å². The molecule has 0 unspecified atom stereocenters. The molecule has 0 saturated carbocycles. The van der Waals surface area contributed by atoms with Crippen molar-refractivity contribution >= 4 is 5.97 Å². The van der Waals surface area contributed by atoms with Gasteiger partial charge in [0.2, 0.25) is 0 Å². The number of rotatable bonds is 7. The lowest BCUT2D eigenvalue weighted by atomic mass is 9.97. The van der Waals surface area contributed by atoms with Crippen LogP contribution in [0.3, 0.4) is 0 Å². The first-order chi connectivity index (χ1) is 8.26. The van der Waals surface area contributed by atoms with E-state index >= 15 is 0 Å². The number of aliphatic hydroxyl groups is 1. The van der Waals surface area contributed by atoms with E-state index in [1.807, 2.05) is 37.3 Å². The molecule has 1 aromatic rings. The van der Waals surface area contributed by atoms with Crippen molar-refractivity contribution in [3.05, 3.63) is 35.9 Å². The van der Waals surface area contributed by atoms with Gasteiger partial charge in [-0.3, -0.25) is 4.79 Å². The highest BCUT2D eigenvalue weighted by atomic mass is 16.5. The van der Waals surface area contributed by atoms with Crippen molar-refractivity contribution in [2.24, 2.45) is 5.92 Å². The maximum Gasteiger partial charge on any atom is 0.306 e. The third-order valence-corrected chi connectivity index (χ3v) is 2.55. The SMILES string of the molecule is CCCOC(=O)C[C@H](CO)Cc1ccccc1. The Morgan fingerprint density at radius 2 is 2.06 bits per heavy atom. The molecule has 1 aromatic carbocycles. The minimum atomic E-state index is -0.221. The van der Waals surface area contributed by atoms with E-state index in [9.17, 15) is 9.90 Å². The highest BCUT2D eigenvalue weighted by Crippen LogP contribution is 2.12. The van der Waals surface area contributed by atoms with Crippen LogP contribution in [0.15, 0.2) is 30.3 Å². The molecule has 0 bridgehead atoms. The summed E-state index contributed by atoms with van der Waals surface area (Å²) < 4.78 is 5.01. The molecule has 1 rings (SSSR count). The summed E-state index contributed by atoms with van der Waals surface area (Å²) in [4.78, 5) is 11.4. The maximum absolute atomic E-state index is 11.4. The van der Waals surface area contributed by atoms with Gasteiger partial charge >= 0.3 is 5.97 Å². The van der Waals surface area contributed by atoms with Crippen LogP contribution in [0.5, 0.6) is 0 Å². The largest absolute Gasteiger partial charge is 0.466 e. The third kappa shape index (κ3) is 5.50. The van der Waals surface area contributed by atoms with Crippen molar-refractivity contribution in [2.45, 2.75) is 26.2 Å². The van der Waals surface area contributed by atoms with Gasteiger partial charge in [-0.1, -0.05) is 37.3 Å². The van der Waals surface area contributed by atoms with E-state index in [4.69, 9.17) is 4.74 Å². The summed E-state index contributed by atoms with van der Waals surface area (Å²) in [6.07, 6.45) is 1.82. The summed E-state index contributed by atoms with van der Waals surface area (Å²) in [5.74, 6) is -0.274. The summed E-state index contributed by atoms with van der Waals surface area (Å²) in [7, 11) is 0. The van der Waals surface area contributed by atoms with E-state index in [0.717, 1.165) is 12.0 Å². The number of hydrogen-bond acceptors (Lipinski definition) is 3. The highest BCUT2D eigenvalue weighted by Gasteiger charge is 2.14. The lowest BCUT2D eigenvalue weighted by Crippen LogP contribution is -2.17. The fourth-order valence-electron chi connectivity index (χ4n) is 1.66. The Balaban J connectivity index is 2.41. The zero-order valence-corrected chi connectivity index (χ0v) is 10.3. The van der Waals surface area contributed by atoms with Crippen LogP contribution >= 0.6 is 0 Å². The fourth-order valence-corrected chi connectivity index (χ4v) is 1.66. The van der Waals surface area contributed by atoms with Gasteiger partial charge in [0.05, 0.1) is 13.0 Å². The van der Waals surface area contributed by atoms with Gasteiger partial charge in [-0.25, -0.2) is 0 Å². The average Bonchev–Trinajstić information content (AvgIpc) is 2.36. The Labute approximate surface area is 102 Å². The van der Waals surface area contributed by atoms with Crippen molar-refractivity contribution in [3.8, 4) is 0 Å². The molecule has 0 fully saturated rings. The molecule has 1 N–H and O–H groups in total. The lowest BCUT2D eigenvalue weighted by molar-refractivity contribution is -0.145. The van der Waals surface area contributed by atoms with E-state index < -0.39 is 0 Å². The molecule has 0 aliphatic carbocycles. The van der Waals surface area contributed by atoms with Gasteiger partial charge in [0.15, 0.2) is 0 Å². The Kier molecular flexibility index (Phi) is 6.33. The normalized spacial score (nSPS) is 12.1.